The third-order valence-electron chi connectivity index (χ3n) is 2.13. The fourth-order valence-electron chi connectivity index (χ4n) is 1.27. The van der Waals surface area contributed by atoms with E-state index in [0.717, 1.165) is 0 Å². The van der Waals surface area contributed by atoms with Crippen molar-refractivity contribution in [2.24, 2.45) is 0 Å². The van der Waals surface area contributed by atoms with E-state index in [1.54, 1.807) is 6.92 Å². The number of carboxylic acid groups (broad SMARTS) is 1. The Balaban J connectivity index is 2.27. The van der Waals surface area contributed by atoms with Crippen molar-refractivity contribution >= 4 is 45.0 Å². The Labute approximate surface area is 124 Å². The van der Waals surface area contributed by atoms with E-state index >= 15 is 0 Å². The van der Waals surface area contributed by atoms with E-state index in [0.29, 0.717) is 24.4 Å². The standard InChI is InChI=1S/C10H8BrN3O3S2/c1-4-5(2-6(15)16)18-10(14-4)19-9-7(11)8(17)12-3-13-9/h3H,2H2,1H3,(H,15,16)(H,12,13,17). The molecule has 2 aromatic rings. The van der Waals surface area contributed by atoms with Gasteiger partial charge in [0.05, 0.1) is 18.4 Å². The molecule has 9 heteroatoms. The lowest BCUT2D eigenvalue weighted by atomic mass is 10.3. The molecule has 0 aromatic carbocycles. The van der Waals surface area contributed by atoms with Crippen LogP contribution in [0.5, 0.6) is 0 Å². The maximum atomic E-state index is 11.4. The summed E-state index contributed by atoms with van der Waals surface area (Å²) in [4.78, 5) is 33.6. The molecular formula is C10H8BrN3O3S2. The second-order valence-corrected chi connectivity index (χ2v) is 6.62. The molecule has 0 saturated heterocycles. The largest absolute Gasteiger partial charge is 0.481 e. The van der Waals surface area contributed by atoms with Crippen molar-refractivity contribution in [1.29, 1.82) is 0 Å². The minimum atomic E-state index is -0.890. The predicted octanol–water partition coefficient (Wildman–Crippen LogP) is 2.08. The van der Waals surface area contributed by atoms with Gasteiger partial charge in [-0.3, -0.25) is 9.59 Å². The van der Waals surface area contributed by atoms with Crippen LogP contribution < -0.4 is 5.56 Å². The zero-order valence-electron chi connectivity index (χ0n) is 9.64. The number of hydrogen-bond donors (Lipinski definition) is 2. The van der Waals surface area contributed by atoms with Crippen molar-refractivity contribution in [3.05, 3.63) is 31.7 Å². The van der Waals surface area contributed by atoms with Crippen molar-refractivity contribution in [2.45, 2.75) is 22.7 Å². The van der Waals surface area contributed by atoms with Gasteiger partial charge in [-0.2, -0.15) is 0 Å². The number of nitrogens with zero attached hydrogens (tertiary/aromatic N) is 2. The summed E-state index contributed by atoms with van der Waals surface area (Å²) in [5, 5.41) is 9.28. The third kappa shape index (κ3) is 3.43. The molecule has 6 nitrogen and oxygen atoms in total. The van der Waals surface area contributed by atoms with Gasteiger partial charge in [-0.05, 0) is 34.6 Å². The number of aromatic nitrogens is 3. The zero-order chi connectivity index (χ0) is 14.0. The van der Waals surface area contributed by atoms with Crippen molar-refractivity contribution in [2.75, 3.05) is 0 Å². The second kappa shape index (κ2) is 5.85. The number of hydrogen-bond acceptors (Lipinski definition) is 6. The molecule has 0 amide bonds. The maximum absolute atomic E-state index is 11.4. The molecule has 0 aliphatic heterocycles. The third-order valence-corrected chi connectivity index (χ3v) is 5.35. The van der Waals surface area contributed by atoms with Gasteiger partial charge in [-0.25, -0.2) is 9.97 Å². The van der Waals surface area contributed by atoms with Crippen LogP contribution in [0, 0.1) is 6.92 Å². The molecule has 0 radical (unpaired) electrons. The van der Waals surface area contributed by atoms with Crippen LogP contribution in [0.4, 0.5) is 0 Å². The van der Waals surface area contributed by atoms with Gasteiger partial charge in [0.25, 0.3) is 5.56 Å². The summed E-state index contributed by atoms with van der Waals surface area (Å²) in [6, 6.07) is 0. The topological polar surface area (TPSA) is 95.9 Å². The highest BCUT2D eigenvalue weighted by atomic mass is 79.9. The first-order valence-corrected chi connectivity index (χ1v) is 7.49. The molecule has 2 heterocycles. The summed E-state index contributed by atoms with van der Waals surface area (Å²) in [6.07, 6.45) is 1.27. The summed E-state index contributed by atoms with van der Waals surface area (Å²) in [6.45, 7) is 1.76. The second-order valence-electron chi connectivity index (χ2n) is 3.51. The number of aliphatic carboxylic acids is 1. The Hall–Kier alpha value is -1.19. The van der Waals surface area contributed by atoms with E-state index < -0.39 is 5.97 Å². The number of nitrogens with one attached hydrogen (secondary N) is 1. The Morgan fingerprint density at radius 3 is 3.05 bits per heavy atom. The Morgan fingerprint density at radius 1 is 1.63 bits per heavy atom. The lowest BCUT2D eigenvalue weighted by molar-refractivity contribution is -0.136. The van der Waals surface area contributed by atoms with Crippen LogP contribution >= 0.6 is 39.0 Å². The molecule has 2 N–H and O–H groups in total. The minimum Gasteiger partial charge on any atom is -0.481 e. The van der Waals surface area contributed by atoms with Gasteiger partial charge in [0.1, 0.15) is 9.50 Å². The molecule has 0 unspecified atom stereocenters. The average molecular weight is 362 g/mol. The number of halogens is 1. The zero-order valence-corrected chi connectivity index (χ0v) is 12.9. The quantitative estimate of drug-likeness (QED) is 0.809. The number of thiazole rings is 1. The van der Waals surface area contributed by atoms with Gasteiger partial charge >= 0.3 is 5.97 Å². The number of rotatable bonds is 4. The molecule has 0 fully saturated rings. The fraction of sp³-hybridized carbons (Fsp3) is 0.200. The van der Waals surface area contributed by atoms with Crippen molar-refractivity contribution in [1.82, 2.24) is 15.0 Å². The van der Waals surface area contributed by atoms with Gasteiger partial charge < -0.3 is 10.1 Å². The van der Waals surface area contributed by atoms with E-state index in [4.69, 9.17) is 5.11 Å². The first-order valence-electron chi connectivity index (χ1n) is 5.06. The Bertz CT molecular complexity index is 683. The molecule has 0 bridgehead atoms. The molecule has 0 spiro atoms. The predicted molar refractivity (Wildman–Crippen MR) is 74.9 cm³/mol. The van der Waals surface area contributed by atoms with Gasteiger partial charge in [0.2, 0.25) is 0 Å². The Morgan fingerprint density at radius 2 is 2.37 bits per heavy atom. The smallest absolute Gasteiger partial charge is 0.308 e. The van der Waals surface area contributed by atoms with Crippen LogP contribution in [-0.4, -0.2) is 26.0 Å². The van der Waals surface area contributed by atoms with Gasteiger partial charge in [-0.15, -0.1) is 11.3 Å². The van der Waals surface area contributed by atoms with E-state index in [2.05, 4.69) is 30.9 Å². The summed E-state index contributed by atoms with van der Waals surface area (Å²) >= 11 is 5.68. The molecule has 0 aliphatic rings. The molecule has 2 aromatic heterocycles. The monoisotopic (exact) mass is 361 g/mol. The first-order chi connectivity index (χ1) is 8.97. The van der Waals surface area contributed by atoms with E-state index in [-0.39, 0.29) is 12.0 Å². The number of H-pyrrole nitrogens is 1. The highest BCUT2D eigenvalue weighted by Crippen LogP contribution is 2.34. The van der Waals surface area contributed by atoms with Gasteiger partial charge in [0.15, 0.2) is 4.34 Å². The van der Waals surface area contributed by atoms with Crippen LogP contribution in [0.25, 0.3) is 0 Å². The molecule has 100 valence electrons. The van der Waals surface area contributed by atoms with Crippen molar-refractivity contribution < 1.29 is 9.90 Å². The minimum absolute atomic E-state index is 0.0476. The van der Waals surface area contributed by atoms with Crippen LogP contribution in [0.2, 0.25) is 0 Å². The van der Waals surface area contributed by atoms with Gasteiger partial charge in [0, 0.05) is 4.88 Å². The molecule has 0 aliphatic carbocycles. The number of aromatic amines is 1. The lowest BCUT2D eigenvalue weighted by Gasteiger charge is -1.97. The highest BCUT2D eigenvalue weighted by molar-refractivity contribution is 9.10. The SMILES string of the molecule is Cc1nc(Sc2nc[nH]c(=O)c2Br)sc1CC(=O)O. The summed E-state index contributed by atoms with van der Waals surface area (Å²) < 4.78 is 1.00. The number of aryl methyl sites for hydroxylation is 1. The van der Waals surface area contributed by atoms with E-state index in [9.17, 15) is 9.59 Å². The summed E-state index contributed by atoms with van der Waals surface area (Å²) in [7, 11) is 0. The normalized spacial score (nSPS) is 10.6. The van der Waals surface area contributed by atoms with Crippen molar-refractivity contribution in [3.63, 3.8) is 0 Å². The molecule has 19 heavy (non-hydrogen) atoms. The molecular weight excluding hydrogens is 354 g/mol. The fourth-order valence-corrected chi connectivity index (χ4v) is 3.85. The van der Waals surface area contributed by atoms with Crippen LogP contribution in [-0.2, 0) is 11.2 Å². The maximum Gasteiger partial charge on any atom is 0.308 e. The van der Waals surface area contributed by atoms with Crippen LogP contribution in [0.1, 0.15) is 10.6 Å². The van der Waals surface area contributed by atoms with Crippen molar-refractivity contribution in [3.8, 4) is 0 Å². The summed E-state index contributed by atoms with van der Waals surface area (Å²) in [5.41, 5.74) is 0.424. The molecule has 0 saturated carbocycles. The lowest BCUT2D eigenvalue weighted by Crippen LogP contribution is -2.07. The van der Waals surface area contributed by atoms with E-state index in [1.165, 1.54) is 29.4 Å². The van der Waals surface area contributed by atoms with Crippen LogP contribution in [0.3, 0.4) is 0 Å². The van der Waals surface area contributed by atoms with E-state index in [1.807, 2.05) is 0 Å². The first kappa shape index (κ1) is 14.2. The average Bonchev–Trinajstić information content (AvgIpc) is 2.65. The Kier molecular flexibility index (Phi) is 4.38. The molecule has 2 rings (SSSR count). The number of carboxylic acids is 1. The van der Waals surface area contributed by atoms with Crippen LogP contribution in [0.15, 0.2) is 25.0 Å². The number of carbonyl (C=O) groups is 1. The highest BCUT2D eigenvalue weighted by Gasteiger charge is 2.14. The van der Waals surface area contributed by atoms with Gasteiger partial charge in [-0.1, -0.05) is 0 Å². The summed E-state index contributed by atoms with van der Waals surface area (Å²) in [5.74, 6) is -0.890. The molecule has 0 atom stereocenters.